The van der Waals surface area contributed by atoms with E-state index in [1.165, 1.54) is 22.8 Å². The fourth-order valence-electron chi connectivity index (χ4n) is 3.26. The monoisotopic (exact) mass is 442 g/mol. The Morgan fingerprint density at radius 3 is 2.39 bits per heavy atom. The van der Waals surface area contributed by atoms with Crippen LogP contribution in [-0.4, -0.2) is 48.0 Å². The molecule has 4 rings (SSSR count). The summed E-state index contributed by atoms with van der Waals surface area (Å²) in [5, 5.41) is 10.2. The first-order valence-electron chi connectivity index (χ1n) is 9.88. The zero-order valence-electron chi connectivity index (χ0n) is 16.9. The summed E-state index contributed by atoms with van der Waals surface area (Å²) in [6, 6.07) is 13.1. The second kappa shape index (κ2) is 8.86. The van der Waals surface area contributed by atoms with Crippen molar-refractivity contribution in [2.24, 2.45) is 0 Å². The summed E-state index contributed by atoms with van der Waals surface area (Å²) >= 11 is 0. The smallest absolute Gasteiger partial charge is 0.265 e. The molecule has 0 unspecified atom stereocenters. The normalized spacial score (nSPS) is 15.5. The number of hydrogen-bond donors (Lipinski definition) is 1. The van der Waals surface area contributed by atoms with Crippen molar-refractivity contribution in [3.05, 3.63) is 54.9 Å². The van der Waals surface area contributed by atoms with Crippen LogP contribution in [-0.2, 0) is 14.8 Å². The first-order chi connectivity index (χ1) is 14.9. The molecule has 1 atom stereocenters. The molecule has 1 N–H and O–H groups in total. The predicted octanol–water partition coefficient (Wildman–Crippen LogP) is 2.93. The minimum Gasteiger partial charge on any atom is -0.481 e. The van der Waals surface area contributed by atoms with Crippen molar-refractivity contribution in [1.82, 2.24) is 14.5 Å². The molecule has 0 spiro atoms. The number of amides is 1. The van der Waals surface area contributed by atoms with Crippen LogP contribution in [0.5, 0.6) is 5.75 Å². The van der Waals surface area contributed by atoms with E-state index in [1.54, 1.807) is 43.3 Å². The van der Waals surface area contributed by atoms with Gasteiger partial charge in [-0.3, -0.25) is 4.79 Å². The average molecular weight is 442 g/mol. The first kappa shape index (κ1) is 21.0. The van der Waals surface area contributed by atoms with E-state index in [0.29, 0.717) is 30.4 Å². The highest BCUT2D eigenvalue weighted by atomic mass is 32.2. The van der Waals surface area contributed by atoms with Gasteiger partial charge in [-0.25, -0.2) is 8.42 Å². The number of sulfonamides is 1. The van der Waals surface area contributed by atoms with Gasteiger partial charge in [-0.1, -0.05) is 0 Å². The number of hydrogen-bond acceptors (Lipinski definition) is 7. The van der Waals surface area contributed by atoms with Crippen LogP contribution in [0, 0.1) is 0 Å². The molecule has 10 heteroatoms. The Morgan fingerprint density at radius 2 is 1.77 bits per heavy atom. The predicted molar refractivity (Wildman–Crippen MR) is 113 cm³/mol. The SMILES string of the molecule is C[C@@H](Oc1ccc(-c2nnco2)cc1)C(=O)Nc1ccc(S(=O)(=O)N2CCCC2)cc1. The topological polar surface area (TPSA) is 115 Å². The van der Waals surface area contributed by atoms with Crippen LogP contribution in [0.3, 0.4) is 0 Å². The van der Waals surface area contributed by atoms with Gasteiger partial charge >= 0.3 is 0 Å². The number of benzene rings is 2. The summed E-state index contributed by atoms with van der Waals surface area (Å²) in [4.78, 5) is 12.7. The number of anilines is 1. The molecule has 1 aliphatic rings. The molecule has 0 aliphatic carbocycles. The number of rotatable bonds is 7. The molecule has 1 saturated heterocycles. The summed E-state index contributed by atoms with van der Waals surface area (Å²) < 4.78 is 37.5. The van der Waals surface area contributed by atoms with Gasteiger partial charge in [0, 0.05) is 24.3 Å². The van der Waals surface area contributed by atoms with Gasteiger partial charge in [0.05, 0.1) is 4.90 Å². The summed E-state index contributed by atoms with van der Waals surface area (Å²) in [6.45, 7) is 2.73. The van der Waals surface area contributed by atoms with Gasteiger partial charge < -0.3 is 14.5 Å². The first-order valence-corrected chi connectivity index (χ1v) is 11.3. The van der Waals surface area contributed by atoms with Crippen molar-refractivity contribution in [2.75, 3.05) is 18.4 Å². The zero-order valence-corrected chi connectivity index (χ0v) is 17.7. The van der Waals surface area contributed by atoms with Gasteiger partial charge in [0.2, 0.25) is 22.3 Å². The third kappa shape index (κ3) is 4.75. The van der Waals surface area contributed by atoms with Crippen molar-refractivity contribution in [3.63, 3.8) is 0 Å². The van der Waals surface area contributed by atoms with Crippen LogP contribution < -0.4 is 10.1 Å². The molecule has 0 bridgehead atoms. The van der Waals surface area contributed by atoms with Crippen LogP contribution in [0.15, 0.2) is 64.2 Å². The molecule has 2 heterocycles. The van der Waals surface area contributed by atoms with Crippen molar-refractivity contribution in [1.29, 1.82) is 0 Å². The van der Waals surface area contributed by atoms with Crippen LogP contribution in [0.1, 0.15) is 19.8 Å². The van der Waals surface area contributed by atoms with Gasteiger partial charge in [0.15, 0.2) is 6.10 Å². The van der Waals surface area contributed by atoms with Gasteiger partial charge in [-0.15, -0.1) is 10.2 Å². The Hall–Kier alpha value is -3.24. The second-order valence-electron chi connectivity index (χ2n) is 7.15. The number of ether oxygens (including phenoxy) is 1. The molecule has 3 aromatic rings. The minimum absolute atomic E-state index is 0.220. The molecule has 1 fully saturated rings. The van der Waals surface area contributed by atoms with Crippen molar-refractivity contribution in [3.8, 4) is 17.2 Å². The van der Waals surface area contributed by atoms with Crippen LogP contribution in [0.2, 0.25) is 0 Å². The van der Waals surface area contributed by atoms with Crippen LogP contribution >= 0.6 is 0 Å². The molecule has 9 nitrogen and oxygen atoms in total. The molecular formula is C21H22N4O5S. The lowest BCUT2D eigenvalue weighted by Gasteiger charge is -2.17. The van der Waals surface area contributed by atoms with E-state index in [0.717, 1.165) is 18.4 Å². The van der Waals surface area contributed by atoms with E-state index >= 15 is 0 Å². The molecule has 1 amide bonds. The Kier molecular flexibility index (Phi) is 6.01. The van der Waals surface area contributed by atoms with E-state index < -0.39 is 16.1 Å². The maximum absolute atomic E-state index is 12.6. The lowest BCUT2D eigenvalue weighted by atomic mass is 10.2. The lowest BCUT2D eigenvalue weighted by Crippen LogP contribution is -2.30. The Bertz CT molecular complexity index is 1120. The van der Waals surface area contributed by atoms with Crippen LogP contribution in [0.4, 0.5) is 5.69 Å². The highest BCUT2D eigenvalue weighted by molar-refractivity contribution is 7.89. The minimum atomic E-state index is -3.48. The number of carbonyl (C=O) groups excluding carboxylic acids is 1. The molecule has 1 aromatic heterocycles. The largest absolute Gasteiger partial charge is 0.481 e. The average Bonchev–Trinajstić information content (AvgIpc) is 3.49. The van der Waals surface area contributed by atoms with Gasteiger partial charge in [-0.05, 0) is 68.3 Å². The lowest BCUT2D eigenvalue weighted by molar-refractivity contribution is -0.122. The fourth-order valence-corrected chi connectivity index (χ4v) is 4.78. The van der Waals surface area contributed by atoms with E-state index in [4.69, 9.17) is 9.15 Å². The molecule has 2 aromatic carbocycles. The number of carbonyl (C=O) groups is 1. The quantitative estimate of drug-likeness (QED) is 0.598. The summed E-state index contributed by atoms with van der Waals surface area (Å²) in [7, 11) is -3.48. The zero-order chi connectivity index (χ0) is 21.8. The summed E-state index contributed by atoms with van der Waals surface area (Å²) in [5.74, 6) is 0.557. The summed E-state index contributed by atoms with van der Waals surface area (Å²) in [6.07, 6.45) is 2.25. The second-order valence-corrected chi connectivity index (χ2v) is 9.09. The van der Waals surface area contributed by atoms with E-state index in [9.17, 15) is 13.2 Å². The Balaban J connectivity index is 1.35. The molecule has 0 radical (unpaired) electrons. The number of aromatic nitrogens is 2. The third-order valence-electron chi connectivity index (χ3n) is 4.97. The highest BCUT2D eigenvalue weighted by Crippen LogP contribution is 2.23. The fraction of sp³-hybridized carbons (Fsp3) is 0.286. The number of nitrogens with zero attached hydrogens (tertiary/aromatic N) is 3. The van der Waals surface area contributed by atoms with Crippen LogP contribution in [0.25, 0.3) is 11.5 Å². The van der Waals surface area contributed by atoms with Crippen molar-refractivity contribution >= 4 is 21.6 Å². The Morgan fingerprint density at radius 1 is 1.10 bits per heavy atom. The molecule has 162 valence electrons. The van der Waals surface area contributed by atoms with E-state index in [1.807, 2.05) is 0 Å². The van der Waals surface area contributed by atoms with Gasteiger partial charge in [0.1, 0.15) is 5.75 Å². The van der Waals surface area contributed by atoms with Gasteiger partial charge in [0.25, 0.3) is 5.91 Å². The highest BCUT2D eigenvalue weighted by Gasteiger charge is 2.27. The van der Waals surface area contributed by atoms with Crippen molar-refractivity contribution in [2.45, 2.75) is 30.8 Å². The molecule has 1 aliphatic heterocycles. The number of nitrogens with one attached hydrogen (secondary N) is 1. The molecular weight excluding hydrogens is 420 g/mol. The maximum atomic E-state index is 12.6. The Labute approximate surface area is 180 Å². The van der Waals surface area contributed by atoms with Gasteiger partial charge in [-0.2, -0.15) is 4.31 Å². The van der Waals surface area contributed by atoms with E-state index in [2.05, 4.69) is 15.5 Å². The summed E-state index contributed by atoms with van der Waals surface area (Å²) in [5.41, 5.74) is 1.23. The molecule has 0 saturated carbocycles. The maximum Gasteiger partial charge on any atom is 0.265 e. The van der Waals surface area contributed by atoms with E-state index in [-0.39, 0.29) is 10.8 Å². The molecule has 31 heavy (non-hydrogen) atoms. The standard InChI is InChI=1S/C21H22N4O5S/c1-15(30-18-8-4-16(5-9-18)21-24-22-14-29-21)20(26)23-17-6-10-19(11-7-17)31(27,28)25-12-2-3-13-25/h4-11,14-15H,2-3,12-13H2,1H3,(H,23,26)/t15-/m1/s1. The van der Waals surface area contributed by atoms with Crippen molar-refractivity contribution < 1.29 is 22.4 Å². The third-order valence-corrected chi connectivity index (χ3v) is 6.88.